The molecule has 0 aliphatic heterocycles. The number of aliphatic carboxylic acids is 1. The molecule has 10 nitrogen and oxygen atoms in total. The van der Waals surface area contributed by atoms with Gasteiger partial charge in [0.1, 0.15) is 5.75 Å². The number of nitrogens with zero attached hydrogens (tertiary/aromatic N) is 5. The lowest BCUT2D eigenvalue weighted by Crippen LogP contribution is -2.37. The molecule has 43 heavy (non-hydrogen) atoms. The van der Waals surface area contributed by atoms with Crippen molar-refractivity contribution >= 4 is 11.9 Å². The Balaban J connectivity index is 1.19. The van der Waals surface area contributed by atoms with Gasteiger partial charge in [-0.1, -0.05) is 59.8 Å². The number of carboxylic acid groups (broad SMARTS) is 1. The number of carbonyl (C=O) groups is 1. The summed E-state index contributed by atoms with van der Waals surface area (Å²) in [5, 5.41) is 17.8. The van der Waals surface area contributed by atoms with Crippen molar-refractivity contribution in [2.45, 2.75) is 58.1 Å². The number of benzene rings is 3. The van der Waals surface area contributed by atoms with Gasteiger partial charge >= 0.3 is 5.97 Å². The van der Waals surface area contributed by atoms with Gasteiger partial charge in [-0.25, -0.2) is 4.79 Å². The molecule has 1 N–H and O–H groups in total. The topological polar surface area (TPSA) is 128 Å². The second kappa shape index (κ2) is 11.7. The van der Waals surface area contributed by atoms with Gasteiger partial charge in [0, 0.05) is 30.1 Å². The van der Waals surface area contributed by atoms with Gasteiger partial charge in [0.25, 0.3) is 11.8 Å². The fraction of sp³-hybridized carbons (Fsp3) is 0.303. The number of hydrogen-bond acceptors (Lipinski definition) is 9. The van der Waals surface area contributed by atoms with Crippen LogP contribution in [0.2, 0.25) is 0 Å². The second-order valence-corrected chi connectivity index (χ2v) is 11.4. The van der Waals surface area contributed by atoms with Crippen LogP contribution < -0.4 is 9.64 Å². The first-order valence-electron chi connectivity index (χ1n) is 14.3. The molecule has 2 heterocycles. The van der Waals surface area contributed by atoms with Gasteiger partial charge in [-0.2, -0.15) is 9.97 Å². The molecule has 0 amide bonds. The number of carboxylic acids is 1. The third-order valence-corrected chi connectivity index (χ3v) is 7.51. The molecule has 2 aromatic heterocycles. The maximum absolute atomic E-state index is 11.4. The maximum Gasteiger partial charge on any atom is 0.347 e. The maximum atomic E-state index is 11.4. The number of rotatable bonds is 12. The van der Waals surface area contributed by atoms with Crippen LogP contribution in [0.25, 0.3) is 22.8 Å². The Morgan fingerprint density at radius 3 is 2.37 bits per heavy atom. The Hall–Kier alpha value is -4.99. The SMILES string of the molecule is Cc1ccccc1-c1nc(N(CCc2ccc(OC(C)(C)C(=O)O)cc2)Cc2ccc(-c3noc(C4CC4)n3)cc2)no1. The third kappa shape index (κ3) is 6.58. The van der Waals surface area contributed by atoms with E-state index in [4.69, 9.17) is 18.8 Å². The van der Waals surface area contributed by atoms with E-state index in [9.17, 15) is 9.90 Å². The van der Waals surface area contributed by atoms with Crippen LogP contribution in [0, 0.1) is 6.92 Å². The number of aromatic nitrogens is 4. The highest BCUT2D eigenvalue weighted by atomic mass is 16.5. The summed E-state index contributed by atoms with van der Waals surface area (Å²) in [6.45, 7) is 6.24. The first kappa shape index (κ1) is 28.1. The van der Waals surface area contributed by atoms with E-state index in [1.54, 1.807) is 12.1 Å². The Bertz CT molecular complexity index is 1700. The van der Waals surface area contributed by atoms with Gasteiger partial charge in [0.05, 0.1) is 0 Å². The first-order valence-corrected chi connectivity index (χ1v) is 14.3. The molecule has 0 radical (unpaired) electrons. The van der Waals surface area contributed by atoms with E-state index in [0.717, 1.165) is 46.5 Å². The van der Waals surface area contributed by atoms with Crippen molar-refractivity contribution in [1.29, 1.82) is 0 Å². The summed E-state index contributed by atoms with van der Waals surface area (Å²) in [7, 11) is 0. The Morgan fingerprint density at radius 1 is 0.953 bits per heavy atom. The van der Waals surface area contributed by atoms with Gasteiger partial charge < -0.3 is 23.8 Å². The van der Waals surface area contributed by atoms with E-state index >= 15 is 0 Å². The zero-order chi connectivity index (χ0) is 30.0. The summed E-state index contributed by atoms with van der Waals surface area (Å²) in [5.41, 5.74) is 3.67. The lowest BCUT2D eigenvalue weighted by molar-refractivity contribution is -0.152. The summed E-state index contributed by atoms with van der Waals surface area (Å²) in [5.74, 6) is 2.18. The molecule has 0 saturated heterocycles. The molecule has 6 rings (SSSR count). The Morgan fingerprint density at radius 2 is 1.67 bits per heavy atom. The predicted octanol–water partition coefficient (Wildman–Crippen LogP) is 6.46. The molecule has 1 aliphatic rings. The van der Waals surface area contributed by atoms with Gasteiger partial charge in [0.15, 0.2) is 5.60 Å². The van der Waals surface area contributed by atoms with Crippen LogP contribution in [-0.4, -0.2) is 43.5 Å². The minimum Gasteiger partial charge on any atom is -0.478 e. The summed E-state index contributed by atoms with van der Waals surface area (Å²) < 4.78 is 16.8. The Labute approximate surface area is 249 Å². The van der Waals surface area contributed by atoms with Gasteiger partial charge in [-0.15, -0.1) is 0 Å². The van der Waals surface area contributed by atoms with Crippen molar-refractivity contribution in [3.63, 3.8) is 0 Å². The van der Waals surface area contributed by atoms with Crippen LogP contribution in [-0.2, 0) is 17.8 Å². The molecule has 1 saturated carbocycles. The molecule has 220 valence electrons. The number of anilines is 1. The fourth-order valence-electron chi connectivity index (χ4n) is 4.67. The molecule has 5 aromatic rings. The quantitative estimate of drug-likeness (QED) is 0.176. The van der Waals surface area contributed by atoms with E-state index in [1.165, 1.54) is 13.8 Å². The summed E-state index contributed by atoms with van der Waals surface area (Å²) in [4.78, 5) is 22.8. The molecule has 0 unspecified atom stereocenters. The van der Waals surface area contributed by atoms with Crippen LogP contribution in [0.4, 0.5) is 5.95 Å². The van der Waals surface area contributed by atoms with Crippen molar-refractivity contribution in [3.05, 3.63) is 95.4 Å². The molecule has 0 spiro atoms. The van der Waals surface area contributed by atoms with E-state index in [2.05, 4.69) is 20.2 Å². The smallest absolute Gasteiger partial charge is 0.347 e. The Kier molecular flexibility index (Phi) is 7.67. The van der Waals surface area contributed by atoms with Crippen LogP contribution in [0.3, 0.4) is 0 Å². The van der Waals surface area contributed by atoms with Crippen LogP contribution >= 0.6 is 0 Å². The standard InChI is InChI=1S/C33H33N5O5/c1-21-6-4-5-7-27(21)30-35-32(37-43-30)38(19-18-22-10-16-26(17-11-22)41-33(2,3)31(39)40)20-23-8-12-24(13-9-23)28-34-29(42-36-28)25-14-15-25/h4-13,16-17,25H,14-15,18-20H2,1-3H3,(H,39,40). The monoisotopic (exact) mass is 579 g/mol. The normalized spacial score (nSPS) is 13.2. The minimum atomic E-state index is -1.31. The molecule has 1 aliphatic carbocycles. The number of hydrogen-bond donors (Lipinski definition) is 1. The lowest BCUT2D eigenvalue weighted by atomic mass is 10.1. The third-order valence-electron chi connectivity index (χ3n) is 7.51. The predicted molar refractivity (Wildman–Crippen MR) is 160 cm³/mol. The van der Waals surface area contributed by atoms with E-state index in [-0.39, 0.29) is 0 Å². The fourth-order valence-corrected chi connectivity index (χ4v) is 4.67. The highest BCUT2D eigenvalue weighted by Gasteiger charge is 2.30. The largest absolute Gasteiger partial charge is 0.478 e. The molecule has 10 heteroatoms. The second-order valence-electron chi connectivity index (χ2n) is 11.4. The van der Waals surface area contributed by atoms with E-state index in [1.807, 2.05) is 67.6 Å². The lowest BCUT2D eigenvalue weighted by Gasteiger charge is -2.22. The van der Waals surface area contributed by atoms with Gasteiger partial charge in [-0.05, 0) is 80.1 Å². The van der Waals surface area contributed by atoms with E-state index in [0.29, 0.717) is 48.8 Å². The van der Waals surface area contributed by atoms with Crippen molar-refractivity contribution in [2.24, 2.45) is 0 Å². The summed E-state index contributed by atoms with van der Waals surface area (Å²) >= 11 is 0. The van der Waals surface area contributed by atoms with Crippen molar-refractivity contribution in [1.82, 2.24) is 20.3 Å². The van der Waals surface area contributed by atoms with Gasteiger partial charge in [-0.3, -0.25) is 0 Å². The van der Waals surface area contributed by atoms with Crippen molar-refractivity contribution < 1.29 is 23.7 Å². The van der Waals surface area contributed by atoms with Crippen LogP contribution in [0.5, 0.6) is 5.75 Å². The van der Waals surface area contributed by atoms with Crippen LogP contribution in [0.1, 0.15) is 55.2 Å². The van der Waals surface area contributed by atoms with E-state index < -0.39 is 11.6 Å². The first-order chi connectivity index (χ1) is 20.7. The number of aryl methyl sites for hydroxylation is 1. The van der Waals surface area contributed by atoms with Gasteiger partial charge in [0.2, 0.25) is 11.7 Å². The molecular formula is C33H33N5O5. The molecular weight excluding hydrogens is 546 g/mol. The highest BCUT2D eigenvalue weighted by molar-refractivity contribution is 5.76. The highest BCUT2D eigenvalue weighted by Crippen LogP contribution is 2.39. The molecule has 0 bridgehead atoms. The average molecular weight is 580 g/mol. The van der Waals surface area contributed by atoms with Crippen molar-refractivity contribution in [3.8, 4) is 28.6 Å². The van der Waals surface area contributed by atoms with Crippen molar-refractivity contribution in [2.75, 3.05) is 11.4 Å². The molecule has 0 atom stereocenters. The average Bonchev–Trinajstić information content (AvgIpc) is 3.52. The molecule has 3 aromatic carbocycles. The molecule has 1 fully saturated rings. The summed E-state index contributed by atoms with van der Waals surface area (Å²) in [6.07, 6.45) is 2.92. The minimum absolute atomic E-state index is 0.411. The number of ether oxygens (including phenoxy) is 1. The summed E-state index contributed by atoms with van der Waals surface area (Å²) in [6, 6.07) is 23.5. The van der Waals surface area contributed by atoms with Crippen LogP contribution in [0.15, 0.2) is 81.8 Å². The zero-order valence-electron chi connectivity index (χ0n) is 24.4. The zero-order valence-corrected chi connectivity index (χ0v) is 24.4.